The highest BCUT2D eigenvalue weighted by molar-refractivity contribution is 9.10. The quantitative estimate of drug-likeness (QED) is 0.350. The van der Waals surface area contributed by atoms with Crippen LogP contribution in [0.4, 0.5) is 0 Å². The lowest BCUT2D eigenvalue weighted by molar-refractivity contribution is 1.11. The standard InChI is InChI=1S/C9H12N2Si.C5H10Si.C4H3BrN2/c1-12(2,3)8-5-9-10-6-4-7-11-9;1-5-6(2,3)4;5-4-6-2-1-3-7-4/h4,6-7H,1-3H3;1H,2-4H3;1-3H. The van der Waals surface area contributed by atoms with Gasteiger partial charge in [-0.1, -0.05) is 39.3 Å². The van der Waals surface area contributed by atoms with E-state index in [-0.39, 0.29) is 0 Å². The second kappa shape index (κ2) is 11.7. The zero-order chi connectivity index (χ0) is 19.3. The molecule has 0 aliphatic carbocycles. The molecule has 0 atom stereocenters. The molecule has 0 spiro atoms. The number of halogens is 1. The highest BCUT2D eigenvalue weighted by Gasteiger charge is 2.07. The number of rotatable bonds is 0. The molecule has 132 valence electrons. The molecule has 0 aliphatic rings. The molecule has 0 radical (unpaired) electrons. The minimum atomic E-state index is -1.28. The second-order valence-corrected chi connectivity index (χ2v) is 17.2. The zero-order valence-corrected chi connectivity index (χ0v) is 19.3. The third kappa shape index (κ3) is 16.8. The molecule has 0 bridgehead atoms. The molecule has 4 nitrogen and oxygen atoms in total. The van der Waals surface area contributed by atoms with Crippen LogP contribution in [0.2, 0.25) is 39.3 Å². The van der Waals surface area contributed by atoms with Crippen molar-refractivity contribution in [1.82, 2.24) is 19.9 Å². The summed E-state index contributed by atoms with van der Waals surface area (Å²) in [6.07, 6.45) is 11.9. The highest BCUT2D eigenvalue weighted by Crippen LogP contribution is 1.97. The fourth-order valence-electron chi connectivity index (χ4n) is 0.888. The minimum Gasteiger partial charge on any atom is -0.231 e. The zero-order valence-electron chi connectivity index (χ0n) is 15.7. The average Bonchev–Trinajstić information content (AvgIpc) is 2.55. The predicted molar refractivity (Wildman–Crippen MR) is 114 cm³/mol. The molecule has 0 fully saturated rings. The molecule has 2 heterocycles. The molecular weight excluding hydrogens is 408 g/mol. The van der Waals surface area contributed by atoms with Crippen molar-refractivity contribution in [3.8, 4) is 23.4 Å². The van der Waals surface area contributed by atoms with Crippen molar-refractivity contribution in [3.63, 3.8) is 0 Å². The van der Waals surface area contributed by atoms with E-state index in [4.69, 9.17) is 6.42 Å². The molecule has 0 N–H and O–H groups in total. The highest BCUT2D eigenvalue weighted by atomic mass is 79.9. The fraction of sp³-hybridized carbons (Fsp3) is 0.333. The van der Waals surface area contributed by atoms with Crippen LogP contribution in [0, 0.1) is 23.4 Å². The first-order chi connectivity index (χ1) is 11.5. The molecule has 2 rings (SSSR count). The van der Waals surface area contributed by atoms with Gasteiger partial charge in [0.15, 0.2) is 4.73 Å². The Hall–Kier alpha value is -1.81. The van der Waals surface area contributed by atoms with Gasteiger partial charge >= 0.3 is 0 Å². The summed E-state index contributed by atoms with van der Waals surface area (Å²) in [7, 11) is -2.38. The van der Waals surface area contributed by atoms with Crippen LogP contribution in [0.3, 0.4) is 0 Å². The number of aromatic nitrogens is 4. The lowest BCUT2D eigenvalue weighted by atomic mass is 10.6. The van der Waals surface area contributed by atoms with Crippen molar-refractivity contribution in [1.29, 1.82) is 0 Å². The van der Waals surface area contributed by atoms with Gasteiger partial charge in [0.25, 0.3) is 0 Å². The van der Waals surface area contributed by atoms with Gasteiger partial charge in [-0.05, 0) is 34.0 Å². The topological polar surface area (TPSA) is 51.6 Å². The first kappa shape index (κ1) is 23.2. The van der Waals surface area contributed by atoms with Crippen molar-refractivity contribution < 1.29 is 0 Å². The van der Waals surface area contributed by atoms with E-state index in [1.165, 1.54) is 0 Å². The molecule has 0 saturated heterocycles. The van der Waals surface area contributed by atoms with Crippen LogP contribution in [0.1, 0.15) is 5.82 Å². The number of hydrogen-bond acceptors (Lipinski definition) is 4. The van der Waals surface area contributed by atoms with Crippen molar-refractivity contribution in [2.75, 3.05) is 0 Å². The molecule has 0 amide bonds. The van der Waals surface area contributed by atoms with Crippen molar-refractivity contribution in [2.24, 2.45) is 0 Å². The summed E-state index contributed by atoms with van der Waals surface area (Å²) in [6, 6.07) is 3.56. The van der Waals surface area contributed by atoms with E-state index in [1.54, 1.807) is 36.9 Å². The summed E-state index contributed by atoms with van der Waals surface area (Å²) >= 11 is 3.09. The maximum Gasteiger partial charge on any atom is 0.204 e. The maximum atomic E-state index is 5.12. The monoisotopic (exact) mass is 432 g/mol. The third-order valence-corrected chi connectivity index (χ3v) is 4.23. The Morgan fingerprint density at radius 3 is 1.48 bits per heavy atom. The Balaban J connectivity index is 0.000000378. The number of nitrogens with zero attached hydrogens (tertiary/aromatic N) is 4. The Morgan fingerprint density at radius 1 is 0.800 bits per heavy atom. The largest absolute Gasteiger partial charge is 0.231 e. The van der Waals surface area contributed by atoms with Crippen LogP contribution in [0.15, 0.2) is 41.7 Å². The minimum absolute atomic E-state index is 0.625. The molecule has 0 unspecified atom stereocenters. The van der Waals surface area contributed by atoms with Crippen molar-refractivity contribution in [3.05, 3.63) is 47.5 Å². The molecule has 2 aromatic heterocycles. The number of hydrogen-bond donors (Lipinski definition) is 0. The summed E-state index contributed by atoms with van der Waals surface area (Å²) in [4.78, 5) is 15.6. The van der Waals surface area contributed by atoms with Gasteiger partial charge in [-0.15, -0.1) is 17.5 Å². The smallest absolute Gasteiger partial charge is 0.204 e. The van der Waals surface area contributed by atoms with E-state index in [2.05, 4.69) is 92.2 Å². The summed E-state index contributed by atoms with van der Waals surface area (Å²) in [5.41, 5.74) is 5.95. The van der Waals surface area contributed by atoms with Crippen molar-refractivity contribution >= 4 is 32.1 Å². The van der Waals surface area contributed by atoms with Crippen LogP contribution >= 0.6 is 15.9 Å². The van der Waals surface area contributed by atoms with E-state index in [9.17, 15) is 0 Å². The van der Waals surface area contributed by atoms with Gasteiger partial charge in [-0.25, -0.2) is 19.9 Å². The average molecular weight is 434 g/mol. The van der Waals surface area contributed by atoms with E-state index in [1.807, 2.05) is 0 Å². The lowest BCUT2D eigenvalue weighted by Gasteiger charge is -2.02. The van der Waals surface area contributed by atoms with Crippen molar-refractivity contribution in [2.45, 2.75) is 39.3 Å². The normalized spacial score (nSPS) is 9.84. The van der Waals surface area contributed by atoms with Crippen LogP contribution in [-0.4, -0.2) is 36.1 Å². The van der Waals surface area contributed by atoms with Gasteiger partial charge in [0, 0.05) is 24.8 Å². The molecule has 2 aromatic rings. The molecular formula is C18H25BrN4Si2. The summed E-state index contributed by atoms with van der Waals surface area (Å²) in [6.45, 7) is 13.0. The van der Waals surface area contributed by atoms with Gasteiger partial charge in [-0.3, -0.25) is 0 Å². The van der Waals surface area contributed by atoms with Crippen LogP contribution in [0.25, 0.3) is 0 Å². The fourth-order valence-corrected chi connectivity index (χ4v) is 1.61. The van der Waals surface area contributed by atoms with E-state index in [0.29, 0.717) is 10.6 Å². The van der Waals surface area contributed by atoms with E-state index in [0.717, 1.165) is 0 Å². The lowest BCUT2D eigenvalue weighted by Crippen LogP contribution is -2.16. The Morgan fingerprint density at radius 2 is 1.20 bits per heavy atom. The first-order valence-electron chi connectivity index (χ1n) is 7.74. The third-order valence-electron chi connectivity index (χ3n) is 2.08. The molecule has 0 aromatic carbocycles. The summed E-state index contributed by atoms with van der Waals surface area (Å²) in [5.74, 6) is 3.60. The van der Waals surface area contributed by atoms with Gasteiger partial charge in [0.05, 0.1) is 0 Å². The van der Waals surface area contributed by atoms with E-state index < -0.39 is 16.1 Å². The van der Waals surface area contributed by atoms with Crippen LogP contribution < -0.4 is 0 Å². The molecule has 0 saturated carbocycles. The molecule has 0 aliphatic heterocycles. The van der Waals surface area contributed by atoms with Gasteiger partial charge in [-0.2, -0.15) is 0 Å². The summed E-state index contributed by atoms with van der Waals surface area (Å²) < 4.78 is 0.634. The predicted octanol–water partition coefficient (Wildman–Crippen LogP) is 4.44. The van der Waals surface area contributed by atoms with Gasteiger partial charge in [0.1, 0.15) is 16.1 Å². The Kier molecular flexibility index (Phi) is 10.9. The van der Waals surface area contributed by atoms with Crippen LogP contribution in [-0.2, 0) is 0 Å². The Bertz CT molecular complexity index is 706. The molecule has 7 heteroatoms. The summed E-state index contributed by atoms with van der Waals surface area (Å²) in [5, 5.41) is 0. The second-order valence-electron chi connectivity index (χ2n) is 6.98. The molecule has 25 heavy (non-hydrogen) atoms. The SMILES string of the molecule is Brc1ncccn1.C#C[Si](C)(C)C.C[Si](C)(C)C#Cc1ncccn1. The first-order valence-corrected chi connectivity index (χ1v) is 15.5. The van der Waals surface area contributed by atoms with Gasteiger partial charge in [0.2, 0.25) is 5.82 Å². The van der Waals surface area contributed by atoms with Crippen LogP contribution in [0.5, 0.6) is 0 Å². The maximum absolute atomic E-state index is 5.12. The van der Waals surface area contributed by atoms with E-state index >= 15 is 0 Å². The Labute approximate surface area is 162 Å². The number of terminal acetylenes is 1. The van der Waals surface area contributed by atoms with Gasteiger partial charge < -0.3 is 0 Å².